The van der Waals surface area contributed by atoms with E-state index in [2.05, 4.69) is 4.90 Å². The number of nitrogens with two attached hydrogens (primary N) is 1. The average molecular weight is 224 g/mol. The first-order valence-corrected chi connectivity index (χ1v) is 6.90. The van der Waals surface area contributed by atoms with Gasteiger partial charge in [0.15, 0.2) is 0 Å². The molecule has 0 amide bonds. The summed E-state index contributed by atoms with van der Waals surface area (Å²) in [5.74, 6) is 1.93. The fraction of sp³-hybridized carbons (Fsp3) is 1.00. The molecule has 2 N–H and O–H groups in total. The lowest BCUT2D eigenvalue weighted by atomic mass is 10.0. The Kier molecular flexibility index (Phi) is 3.18. The van der Waals surface area contributed by atoms with Gasteiger partial charge in [0.2, 0.25) is 0 Å². The maximum absolute atomic E-state index is 6.25. The third-order valence-corrected chi connectivity index (χ3v) is 4.23. The van der Waals surface area contributed by atoms with Crippen LogP contribution in [0, 0.1) is 11.8 Å². The molecule has 1 aliphatic heterocycles. The molecule has 3 rings (SSSR count). The molecule has 0 bridgehead atoms. The van der Waals surface area contributed by atoms with Gasteiger partial charge in [0.1, 0.15) is 0 Å². The van der Waals surface area contributed by atoms with Crippen LogP contribution in [0.5, 0.6) is 0 Å². The molecule has 92 valence electrons. The maximum atomic E-state index is 6.25. The Labute approximate surface area is 98.3 Å². The Morgan fingerprint density at radius 3 is 2.12 bits per heavy atom. The molecule has 3 nitrogen and oxygen atoms in total. The van der Waals surface area contributed by atoms with E-state index in [1.54, 1.807) is 0 Å². The summed E-state index contributed by atoms with van der Waals surface area (Å²) in [5.41, 5.74) is 6.25. The maximum Gasteiger partial charge on any atom is 0.0636 e. The summed E-state index contributed by atoms with van der Waals surface area (Å²) >= 11 is 0. The van der Waals surface area contributed by atoms with E-state index in [-0.39, 0.29) is 0 Å². The van der Waals surface area contributed by atoms with Gasteiger partial charge in [-0.2, -0.15) is 0 Å². The molecule has 2 aliphatic carbocycles. The van der Waals surface area contributed by atoms with Crippen molar-refractivity contribution in [3.05, 3.63) is 0 Å². The van der Waals surface area contributed by atoms with Crippen LogP contribution in [0.15, 0.2) is 0 Å². The largest absolute Gasteiger partial charge is 0.380 e. The van der Waals surface area contributed by atoms with Crippen LogP contribution in [-0.4, -0.2) is 43.3 Å². The summed E-state index contributed by atoms with van der Waals surface area (Å²) in [6.07, 6.45) is 6.78. The van der Waals surface area contributed by atoms with Gasteiger partial charge in [0.05, 0.1) is 6.61 Å². The Morgan fingerprint density at radius 1 is 1.00 bits per heavy atom. The van der Waals surface area contributed by atoms with Crippen molar-refractivity contribution < 1.29 is 4.74 Å². The zero-order chi connectivity index (χ0) is 11.0. The molecule has 0 aromatic rings. The molecule has 0 aromatic carbocycles. The fourth-order valence-corrected chi connectivity index (χ4v) is 2.73. The normalized spacial score (nSPS) is 35.6. The lowest BCUT2D eigenvalue weighted by molar-refractivity contribution is 0.00232. The van der Waals surface area contributed by atoms with Gasteiger partial charge in [-0.25, -0.2) is 0 Å². The highest BCUT2D eigenvalue weighted by atomic mass is 16.5. The van der Waals surface area contributed by atoms with E-state index in [0.29, 0.717) is 12.1 Å². The minimum Gasteiger partial charge on any atom is -0.380 e. The lowest BCUT2D eigenvalue weighted by Crippen LogP contribution is -2.54. The molecule has 3 aliphatic rings. The second-order valence-corrected chi connectivity index (χ2v) is 5.94. The van der Waals surface area contributed by atoms with Gasteiger partial charge in [-0.3, -0.25) is 4.90 Å². The van der Waals surface area contributed by atoms with E-state index in [1.807, 2.05) is 0 Å². The number of hydrogen-bond acceptors (Lipinski definition) is 3. The molecule has 1 heterocycles. The van der Waals surface area contributed by atoms with Crippen molar-refractivity contribution in [3.63, 3.8) is 0 Å². The first-order valence-electron chi connectivity index (χ1n) is 6.90. The zero-order valence-corrected chi connectivity index (χ0v) is 10.1. The van der Waals surface area contributed by atoms with Crippen LogP contribution >= 0.6 is 0 Å². The molecule has 16 heavy (non-hydrogen) atoms. The molecule has 0 spiro atoms. The van der Waals surface area contributed by atoms with Gasteiger partial charge in [-0.05, 0) is 43.9 Å². The average Bonchev–Trinajstić information content (AvgIpc) is 3.12. The number of rotatable bonds is 5. The lowest BCUT2D eigenvalue weighted by Gasteiger charge is -2.38. The summed E-state index contributed by atoms with van der Waals surface area (Å²) in [7, 11) is 0. The minimum atomic E-state index is 0.339. The van der Waals surface area contributed by atoms with E-state index in [4.69, 9.17) is 10.5 Å². The Morgan fingerprint density at radius 2 is 1.62 bits per heavy atom. The third kappa shape index (κ3) is 2.76. The van der Waals surface area contributed by atoms with Gasteiger partial charge in [-0.1, -0.05) is 0 Å². The highest BCUT2D eigenvalue weighted by molar-refractivity contribution is 4.91. The quantitative estimate of drug-likeness (QED) is 0.763. The second-order valence-electron chi connectivity index (χ2n) is 5.94. The Hall–Kier alpha value is -0.120. The van der Waals surface area contributed by atoms with Crippen molar-refractivity contribution in [3.8, 4) is 0 Å². The first kappa shape index (κ1) is 11.0. The van der Waals surface area contributed by atoms with Crippen molar-refractivity contribution in [2.75, 3.05) is 26.3 Å². The molecular weight excluding hydrogens is 200 g/mol. The van der Waals surface area contributed by atoms with Crippen LogP contribution in [0.25, 0.3) is 0 Å². The van der Waals surface area contributed by atoms with Crippen LogP contribution in [0.3, 0.4) is 0 Å². The van der Waals surface area contributed by atoms with E-state index in [9.17, 15) is 0 Å². The van der Waals surface area contributed by atoms with Crippen LogP contribution in [0.1, 0.15) is 32.1 Å². The highest BCUT2D eigenvalue weighted by Gasteiger charge is 2.35. The summed E-state index contributed by atoms with van der Waals surface area (Å²) in [6.45, 7) is 4.27. The topological polar surface area (TPSA) is 38.5 Å². The molecule has 0 aromatic heterocycles. The van der Waals surface area contributed by atoms with Gasteiger partial charge in [0.25, 0.3) is 0 Å². The first-order chi connectivity index (χ1) is 7.83. The van der Waals surface area contributed by atoms with Gasteiger partial charge in [-0.15, -0.1) is 0 Å². The van der Waals surface area contributed by atoms with E-state index >= 15 is 0 Å². The van der Waals surface area contributed by atoms with Crippen LogP contribution in [-0.2, 0) is 4.74 Å². The molecular formula is C13H24N2O. The van der Waals surface area contributed by atoms with Crippen molar-refractivity contribution in [2.24, 2.45) is 17.6 Å². The fourth-order valence-electron chi connectivity index (χ4n) is 2.73. The van der Waals surface area contributed by atoms with Crippen LogP contribution < -0.4 is 5.73 Å². The Balaban J connectivity index is 1.59. The monoisotopic (exact) mass is 224 g/mol. The summed E-state index contributed by atoms with van der Waals surface area (Å²) in [6, 6.07) is 0.834. The number of ether oxygens (including phenoxy) is 1. The highest BCUT2D eigenvalue weighted by Crippen LogP contribution is 2.35. The summed E-state index contributed by atoms with van der Waals surface area (Å²) in [4.78, 5) is 2.65. The third-order valence-electron chi connectivity index (χ3n) is 4.23. The number of nitrogens with zero attached hydrogens (tertiary/aromatic N) is 1. The van der Waals surface area contributed by atoms with Crippen molar-refractivity contribution in [1.29, 1.82) is 0 Å². The SMILES string of the molecule is NC1CCOCC1N(CC1CC1)CC1CC1. The number of hydrogen-bond donors (Lipinski definition) is 1. The van der Waals surface area contributed by atoms with E-state index < -0.39 is 0 Å². The van der Waals surface area contributed by atoms with Crippen molar-refractivity contribution in [2.45, 2.75) is 44.2 Å². The molecule has 3 heteroatoms. The summed E-state index contributed by atoms with van der Waals surface area (Å²) in [5, 5.41) is 0. The predicted molar refractivity (Wildman–Crippen MR) is 64.2 cm³/mol. The molecule has 2 unspecified atom stereocenters. The zero-order valence-electron chi connectivity index (χ0n) is 10.1. The molecule has 1 saturated heterocycles. The predicted octanol–water partition coefficient (Wildman–Crippen LogP) is 1.22. The second kappa shape index (κ2) is 4.63. The van der Waals surface area contributed by atoms with Crippen LogP contribution in [0.2, 0.25) is 0 Å². The van der Waals surface area contributed by atoms with Gasteiger partial charge >= 0.3 is 0 Å². The minimum absolute atomic E-state index is 0.339. The Bertz CT molecular complexity index is 224. The molecule has 2 saturated carbocycles. The molecule has 3 fully saturated rings. The van der Waals surface area contributed by atoms with E-state index in [0.717, 1.165) is 31.5 Å². The van der Waals surface area contributed by atoms with Crippen molar-refractivity contribution in [1.82, 2.24) is 4.90 Å². The summed E-state index contributed by atoms with van der Waals surface area (Å²) < 4.78 is 5.62. The van der Waals surface area contributed by atoms with Crippen LogP contribution in [0.4, 0.5) is 0 Å². The molecule has 0 radical (unpaired) electrons. The smallest absolute Gasteiger partial charge is 0.0636 e. The van der Waals surface area contributed by atoms with Gasteiger partial charge in [0, 0.05) is 31.8 Å². The van der Waals surface area contributed by atoms with Crippen molar-refractivity contribution >= 4 is 0 Å². The van der Waals surface area contributed by atoms with Gasteiger partial charge < -0.3 is 10.5 Å². The molecule has 2 atom stereocenters. The van der Waals surface area contributed by atoms with E-state index in [1.165, 1.54) is 38.8 Å². The standard InChI is InChI=1S/C13H24N2O/c14-12-5-6-16-9-13(12)15(7-10-1-2-10)8-11-3-4-11/h10-13H,1-9,14H2.